The van der Waals surface area contributed by atoms with Gasteiger partial charge < -0.3 is 11.1 Å². The molecule has 1 aliphatic carbocycles. The van der Waals surface area contributed by atoms with Crippen LogP contribution in [-0.4, -0.2) is 23.0 Å². The van der Waals surface area contributed by atoms with Crippen LogP contribution < -0.4 is 11.1 Å². The van der Waals surface area contributed by atoms with E-state index < -0.39 is 5.54 Å². The Morgan fingerprint density at radius 1 is 1.50 bits per heavy atom. The Balaban J connectivity index is 1.79. The minimum Gasteiger partial charge on any atom is -0.344 e. The number of aromatic nitrogens is 1. The van der Waals surface area contributed by atoms with Gasteiger partial charge in [-0.3, -0.25) is 4.79 Å². The van der Waals surface area contributed by atoms with Crippen LogP contribution in [0.5, 0.6) is 0 Å². The summed E-state index contributed by atoms with van der Waals surface area (Å²) in [5, 5.41) is 5.14. The van der Waals surface area contributed by atoms with Gasteiger partial charge in [-0.25, -0.2) is 9.37 Å². The number of carbonyl (C=O) groups excluding carboxylic acids is 1. The molecule has 4 nitrogen and oxygen atoms in total. The maximum atomic E-state index is 13.8. The standard InChI is InChI=1S/C16H18FN3OS/c1-16(9-18,10-6-7-10)20-14(21)13-8-22-15(19-13)11-4-2-3-5-12(11)17/h2-5,8,10H,6-7,9,18H2,1H3,(H,20,21). The summed E-state index contributed by atoms with van der Waals surface area (Å²) >= 11 is 1.26. The van der Waals surface area contributed by atoms with Crippen LogP contribution in [0.2, 0.25) is 0 Å². The normalized spacial score (nSPS) is 17.0. The second-order valence-corrected chi connectivity index (χ2v) is 6.73. The van der Waals surface area contributed by atoms with Crippen LogP contribution in [-0.2, 0) is 0 Å². The van der Waals surface area contributed by atoms with Crippen LogP contribution in [0, 0.1) is 11.7 Å². The first kappa shape index (κ1) is 15.1. The third-order valence-electron chi connectivity index (χ3n) is 4.14. The number of benzene rings is 1. The van der Waals surface area contributed by atoms with E-state index in [2.05, 4.69) is 10.3 Å². The van der Waals surface area contributed by atoms with Crippen molar-refractivity contribution in [2.45, 2.75) is 25.3 Å². The van der Waals surface area contributed by atoms with Crippen LogP contribution in [0.25, 0.3) is 10.6 Å². The van der Waals surface area contributed by atoms with Gasteiger partial charge in [0.15, 0.2) is 0 Å². The largest absolute Gasteiger partial charge is 0.344 e. The lowest BCUT2D eigenvalue weighted by Crippen LogP contribution is -2.53. The number of rotatable bonds is 5. The molecule has 1 unspecified atom stereocenters. The zero-order valence-electron chi connectivity index (χ0n) is 12.3. The summed E-state index contributed by atoms with van der Waals surface area (Å²) in [6.45, 7) is 2.36. The van der Waals surface area contributed by atoms with Gasteiger partial charge in [-0.2, -0.15) is 0 Å². The summed E-state index contributed by atoms with van der Waals surface area (Å²) in [7, 11) is 0. The summed E-state index contributed by atoms with van der Waals surface area (Å²) in [6, 6.07) is 6.42. The summed E-state index contributed by atoms with van der Waals surface area (Å²) in [5.74, 6) is -0.154. The highest BCUT2D eigenvalue weighted by atomic mass is 32.1. The van der Waals surface area contributed by atoms with Gasteiger partial charge in [-0.1, -0.05) is 12.1 Å². The number of halogens is 1. The zero-order chi connectivity index (χ0) is 15.7. The quantitative estimate of drug-likeness (QED) is 0.890. The molecule has 1 atom stereocenters. The van der Waals surface area contributed by atoms with Crippen LogP contribution in [0.1, 0.15) is 30.3 Å². The predicted octanol–water partition coefficient (Wildman–Crippen LogP) is 2.81. The number of amides is 1. The van der Waals surface area contributed by atoms with Crippen molar-refractivity contribution in [3.63, 3.8) is 0 Å². The Morgan fingerprint density at radius 2 is 2.23 bits per heavy atom. The Hall–Kier alpha value is -1.79. The van der Waals surface area contributed by atoms with Crippen molar-refractivity contribution >= 4 is 17.2 Å². The van der Waals surface area contributed by atoms with E-state index in [0.29, 0.717) is 28.7 Å². The van der Waals surface area contributed by atoms with Crippen molar-refractivity contribution < 1.29 is 9.18 Å². The maximum Gasteiger partial charge on any atom is 0.271 e. The molecule has 2 aromatic rings. The monoisotopic (exact) mass is 319 g/mol. The molecule has 0 radical (unpaired) electrons. The van der Waals surface area contributed by atoms with E-state index in [-0.39, 0.29) is 11.7 Å². The van der Waals surface area contributed by atoms with E-state index in [1.165, 1.54) is 17.4 Å². The zero-order valence-corrected chi connectivity index (χ0v) is 13.1. The topological polar surface area (TPSA) is 68.0 Å². The smallest absolute Gasteiger partial charge is 0.271 e. The van der Waals surface area contributed by atoms with Gasteiger partial charge in [0.1, 0.15) is 16.5 Å². The fraction of sp³-hybridized carbons (Fsp3) is 0.375. The van der Waals surface area contributed by atoms with E-state index in [4.69, 9.17) is 5.73 Å². The molecule has 1 heterocycles. The van der Waals surface area contributed by atoms with Gasteiger partial charge in [0.2, 0.25) is 0 Å². The number of hydrogen-bond acceptors (Lipinski definition) is 4. The highest BCUT2D eigenvalue weighted by Crippen LogP contribution is 2.39. The molecule has 1 aliphatic rings. The van der Waals surface area contributed by atoms with Crippen molar-refractivity contribution in [3.8, 4) is 10.6 Å². The Bertz CT molecular complexity index is 698. The van der Waals surface area contributed by atoms with Gasteiger partial charge in [0, 0.05) is 17.5 Å². The molecular formula is C16H18FN3OS. The minimum atomic E-state index is -0.390. The number of carbonyl (C=O) groups is 1. The average Bonchev–Trinajstić information content (AvgIpc) is 3.26. The van der Waals surface area contributed by atoms with Gasteiger partial charge in [-0.15, -0.1) is 11.3 Å². The van der Waals surface area contributed by atoms with Crippen LogP contribution >= 0.6 is 11.3 Å². The molecule has 22 heavy (non-hydrogen) atoms. The molecule has 0 aliphatic heterocycles. The average molecular weight is 319 g/mol. The molecule has 3 N–H and O–H groups in total. The first-order chi connectivity index (χ1) is 10.5. The third-order valence-corrected chi connectivity index (χ3v) is 5.02. The predicted molar refractivity (Wildman–Crippen MR) is 85.2 cm³/mol. The molecule has 3 rings (SSSR count). The van der Waals surface area contributed by atoms with Gasteiger partial charge in [-0.05, 0) is 37.8 Å². The lowest BCUT2D eigenvalue weighted by Gasteiger charge is -2.29. The lowest BCUT2D eigenvalue weighted by atomic mass is 9.96. The van der Waals surface area contributed by atoms with Crippen LogP contribution in [0.15, 0.2) is 29.6 Å². The molecule has 1 aromatic heterocycles. The summed E-state index contributed by atoms with van der Waals surface area (Å²) in [6.07, 6.45) is 2.18. The molecule has 6 heteroatoms. The number of nitrogens with two attached hydrogens (primary N) is 1. The van der Waals surface area contributed by atoms with Crippen LogP contribution in [0.4, 0.5) is 4.39 Å². The molecule has 0 saturated heterocycles. The molecule has 0 bridgehead atoms. The van der Waals surface area contributed by atoms with E-state index in [0.717, 1.165) is 12.8 Å². The van der Waals surface area contributed by atoms with Crippen LogP contribution in [0.3, 0.4) is 0 Å². The molecule has 1 saturated carbocycles. The molecule has 1 amide bonds. The minimum absolute atomic E-state index is 0.251. The van der Waals surface area contributed by atoms with Crippen molar-refractivity contribution in [2.75, 3.05) is 6.54 Å². The third kappa shape index (κ3) is 2.89. The van der Waals surface area contributed by atoms with Gasteiger partial charge in [0.05, 0.1) is 5.54 Å². The fourth-order valence-corrected chi connectivity index (χ4v) is 3.33. The molecule has 1 fully saturated rings. The Labute approximate surface area is 132 Å². The summed E-state index contributed by atoms with van der Waals surface area (Å²) in [5.41, 5.74) is 6.14. The Morgan fingerprint density at radius 3 is 2.86 bits per heavy atom. The fourth-order valence-electron chi connectivity index (χ4n) is 2.50. The van der Waals surface area contributed by atoms with E-state index >= 15 is 0 Å². The first-order valence-electron chi connectivity index (χ1n) is 7.26. The van der Waals surface area contributed by atoms with Crippen molar-refractivity contribution in [3.05, 3.63) is 41.2 Å². The first-order valence-corrected chi connectivity index (χ1v) is 8.14. The van der Waals surface area contributed by atoms with E-state index in [1.807, 2.05) is 6.92 Å². The molecule has 116 valence electrons. The van der Waals surface area contributed by atoms with Crippen molar-refractivity contribution in [1.29, 1.82) is 0 Å². The number of nitrogens with one attached hydrogen (secondary N) is 1. The van der Waals surface area contributed by atoms with E-state index in [1.54, 1.807) is 23.6 Å². The maximum absolute atomic E-state index is 13.8. The SMILES string of the molecule is CC(CN)(NC(=O)c1csc(-c2ccccc2F)n1)C1CC1. The number of thiazole rings is 1. The van der Waals surface area contributed by atoms with Gasteiger partial charge >= 0.3 is 0 Å². The number of hydrogen-bond donors (Lipinski definition) is 2. The second-order valence-electron chi connectivity index (χ2n) is 5.87. The van der Waals surface area contributed by atoms with Crippen molar-refractivity contribution in [1.82, 2.24) is 10.3 Å². The Kier molecular flexibility index (Phi) is 3.97. The number of nitrogens with zero attached hydrogens (tertiary/aromatic N) is 1. The van der Waals surface area contributed by atoms with E-state index in [9.17, 15) is 9.18 Å². The second kappa shape index (κ2) is 5.78. The molecule has 0 spiro atoms. The van der Waals surface area contributed by atoms with Gasteiger partial charge in [0.25, 0.3) is 5.91 Å². The highest BCUT2D eigenvalue weighted by molar-refractivity contribution is 7.13. The van der Waals surface area contributed by atoms with Crippen molar-refractivity contribution in [2.24, 2.45) is 11.7 Å². The highest BCUT2D eigenvalue weighted by Gasteiger charge is 2.41. The molecular weight excluding hydrogens is 301 g/mol. The molecule has 1 aromatic carbocycles. The summed E-state index contributed by atoms with van der Waals surface area (Å²) < 4.78 is 13.8. The lowest BCUT2D eigenvalue weighted by molar-refractivity contribution is 0.0893. The summed E-state index contributed by atoms with van der Waals surface area (Å²) in [4.78, 5) is 16.6.